The molecule has 0 saturated heterocycles. The van der Waals surface area contributed by atoms with Gasteiger partial charge >= 0.3 is 6.18 Å². The zero-order valence-electron chi connectivity index (χ0n) is 14.8. The summed E-state index contributed by atoms with van der Waals surface area (Å²) in [4.78, 5) is 12.6. The van der Waals surface area contributed by atoms with Gasteiger partial charge in [-0.15, -0.1) is 0 Å². The van der Waals surface area contributed by atoms with Crippen molar-refractivity contribution in [2.45, 2.75) is 26.6 Å². The van der Waals surface area contributed by atoms with Crippen molar-refractivity contribution < 1.29 is 18.0 Å². The number of nitrogens with zero attached hydrogens (tertiary/aromatic N) is 2. The first-order chi connectivity index (χ1) is 12.8. The predicted octanol–water partition coefficient (Wildman–Crippen LogP) is 4.82. The van der Waals surface area contributed by atoms with Gasteiger partial charge in [-0.05, 0) is 37.6 Å². The first-order valence-electron chi connectivity index (χ1n) is 8.32. The molecular weight excluding hydrogens is 355 g/mol. The van der Waals surface area contributed by atoms with Crippen LogP contribution < -0.4 is 5.32 Å². The number of rotatable bonds is 4. The van der Waals surface area contributed by atoms with Crippen LogP contribution in [0.15, 0.2) is 54.6 Å². The molecule has 140 valence electrons. The van der Waals surface area contributed by atoms with Gasteiger partial charge in [0.05, 0.1) is 23.4 Å². The van der Waals surface area contributed by atoms with Crippen molar-refractivity contribution in [3.63, 3.8) is 0 Å². The van der Waals surface area contributed by atoms with Crippen molar-refractivity contribution in [1.82, 2.24) is 9.78 Å². The maximum absolute atomic E-state index is 12.8. The highest BCUT2D eigenvalue weighted by Gasteiger charge is 2.30. The molecule has 3 aromatic rings. The maximum atomic E-state index is 12.8. The monoisotopic (exact) mass is 373 g/mol. The van der Waals surface area contributed by atoms with Crippen LogP contribution in [0.5, 0.6) is 0 Å². The largest absolute Gasteiger partial charge is 0.416 e. The van der Waals surface area contributed by atoms with Gasteiger partial charge < -0.3 is 5.32 Å². The van der Waals surface area contributed by atoms with Crippen LogP contribution in [-0.2, 0) is 12.7 Å². The van der Waals surface area contributed by atoms with Crippen LogP contribution in [0.4, 0.5) is 18.9 Å². The average Bonchev–Trinajstić information content (AvgIpc) is 2.89. The molecule has 4 nitrogen and oxygen atoms in total. The molecule has 2 aromatic carbocycles. The number of amides is 1. The summed E-state index contributed by atoms with van der Waals surface area (Å²) in [6, 6.07) is 14.2. The van der Waals surface area contributed by atoms with E-state index in [9.17, 15) is 18.0 Å². The summed E-state index contributed by atoms with van der Waals surface area (Å²) in [5, 5.41) is 6.94. The van der Waals surface area contributed by atoms with Crippen molar-refractivity contribution in [1.29, 1.82) is 0 Å². The Labute approximate surface area is 154 Å². The van der Waals surface area contributed by atoms with Crippen molar-refractivity contribution in [2.24, 2.45) is 0 Å². The van der Waals surface area contributed by atoms with E-state index in [0.717, 1.165) is 17.7 Å². The Hall–Kier alpha value is -3.09. The molecule has 0 aliphatic rings. The van der Waals surface area contributed by atoms with Crippen molar-refractivity contribution in [2.75, 3.05) is 5.32 Å². The van der Waals surface area contributed by atoms with Crippen LogP contribution in [0.2, 0.25) is 0 Å². The summed E-state index contributed by atoms with van der Waals surface area (Å²) in [5.41, 5.74) is 1.85. The lowest BCUT2D eigenvalue weighted by Crippen LogP contribution is -2.15. The average molecular weight is 373 g/mol. The molecule has 1 N–H and O–H groups in total. The minimum Gasteiger partial charge on any atom is -0.322 e. The van der Waals surface area contributed by atoms with Gasteiger partial charge in [0.25, 0.3) is 5.91 Å². The van der Waals surface area contributed by atoms with E-state index in [4.69, 9.17) is 0 Å². The number of anilines is 1. The van der Waals surface area contributed by atoms with Crippen molar-refractivity contribution >= 4 is 11.6 Å². The van der Waals surface area contributed by atoms with Crippen molar-refractivity contribution in [3.05, 3.63) is 82.7 Å². The van der Waals surface area contributed by atoms with Gasteiger partial charge in [-0.2, -0.15) is 18.3 Å². The first kappa shape index (κ1) is 18.7. The van der Waals surface area contributed by atoms with Crippen LogP contribution in [-0.4, -0.2) is 15.7 Å². The third kappa shape index (κ3) is 4.19. The molecule has 27 heavy (non-hydrogen) atoms. The summed E-state index contributed by atoms with van der Waals surface area (Å²) >= 11 is 0. The molecule has 0 spiro atoms. The summed E-state index contributed by atoms with van der Waals surface area (Å²) in [7, 11) is 0. The van der Waals surface area contributed by atoms with Crippen LogP contribution >= 0.6 is 0 Å². The van der Waals surface area contributed by atoms with E-state index in [1.165, 1.54) is 12.1 Å². The number of benzene rings is 2. The van der Waals surface area contributed by atoms with Crippen LogP contribution in [0.25, 0.3) is 0 Å². The Morgan fingerprint density at radius 1 is 1.07 bits per heavy atom. The molecule has 0 aliphatic carbocycles. The number of aromatic nitrogens is 2. The minimum atomic E-state index is -4.47. The Kier molecular flexibility index (Phi) is 5.03. The van der Waals surface area contributed by atoms with Crippen LogP contribution in [0.1, 0.15) is 32.9 Å². The number of nitrogens with one attached hydrogen (secondary N) is 1. The number of alkyl halides is 3. The molecular formula is C20H18F3N3O. The molecule has 0 saturated carbocycles. The highest BCUT2D eigenvalue weighted by molar-refractivity contribution is 6.05. The Balaban J connectivity index is 1.83. The van der Waals surface area contributed by atoms with E-state index in [0.29, 0.717) is 23.5 Å². The highest BCUT2D eigenvalue weighted by Crippen LogP contribution is 2.30. The van der Waals surface area contributed by atoms with E-state index in [1.54, 1.807) is 18.5 Å². The molecule has 0 aliphatic heterocycles. The van der Waals surface area contributed by atoms with Gasteiger partial charge in [-0.25, -0.2) is 0 Å². The van der Waals surface area contributed by atoms with E-state index in [1.807, 2.05) is 30.3 Å². The molecule has 0 unspecified atom stereocenters. The Morgan fingerprint density at radius 2 is 1.78 bits per heavy atom. The maximum Gasteiger partial charge on any atom is 0.416 e. The zero-order valence-corrected chi connectivity index (χ0v) is 14.8. The number of halogens is 3. The normalized spacial score (nSPS) is 11.4. The topological polar surface area (TPSA) is 46.9 Å². The molecule has 0 bridgehead atoms. The molecule has 3 rings (SSSR count). The number of hydrogen-bond donors (Lipinski definition) is 1. The highest BCUT2D eigenvalue weighted by atomic mass is 19.4. The van der Waals surface area contributed by atoms with Gasteiger partial charge in [0, 0.05) is 11.4 Å². The van der Waals surface area contributed by atoms with Crippen LogP contribution in [0, 0.1) is 13.8 Å². The predicted molar refractivity (Wildman–Crippen MR) is 96.6 cm³/mol. The lowest BCUT2D eigenvalue weighted by Gasteiger charge is -2.10. The molecule has 1 aromatic heterocycles. The second-order valence-corrected chi connectivity index (χ2v) is 6.22. The lowest BCUT2D eigenvalue weighted by molar-refractivity contribution is -0.137. The van der Waals surface area contributed by atoms with E-state index in [-0.39, 0.29) is 5.69 Å². The fraction of sp³-hybridized carbons (Fsp3) is 0.200. The molecule has 0 fully saturated rings. The molecule has 7 heteroatoms. The third-order valence-corrected chi connectivity index (χ3v) is 4.23. The second kappa shape index (κ2) is 7.26. The molecule has 1 amide bonds. The summed E-state index contributed by atoms with van der Waals surface area (Å²) < 4.78 is 40.2. The minimum absolute atomic E-state index is 0.0874. The lowest BCUT2D eigenvalue weighted by atomic mass is 10.1. The second-order valence-electron chi connectivity index (χ2n) is 6.22. The van der Waals surface area contributed by atoms with Crippen molar-refractivity contribution in [3.8, 4) is 0 Å². The van der Waals surface area contributed by atoms with E-state index in [2.05, 4.69) is 10.4 Å². The van der Waals surface area contributed by atoms with Gasteiger partial charge in [0.15, 0.2) is 0 Å². The van der Waals surface area contributed by atoms with E-state index >= 15 is 0 Å². The zero-order chi connectivity index (χ0) is 19.6. The molecule has 1 heterocycles. The summed E-state index contributed by atoms with van der Waals surface area (Å²) in [5.74, 6) is -0.483. The SMILES string of the molecule is Cc1nn(Cc2ccccc2)c(C)c1C(=O)Nc1cccc(C(F)(F)F)c1. The van der Waals surface area contributed by atoms with Gasteiger partial charge in [-0.3, -0.25) is 9.48 Å². The first-order valence-corrected chi connectivity index (χ1v) is 8.32. The van der Waals surface area contributed by atoms with Gasteiger partial charge in [0.1, 0.15) is 0 Å². The summed E-state index contributed by atoms with van der Waals surface area (Å²) in [6.07, 6.45) is -4.47. The number of carbonyl (C=O) groups is 1. The Bertz CT molecular complexity index is 962. The van der Waals surface area contributed by atoms with Gasteiger partial charge in [-0.1, -0.05) is 36.4 Å². The quantitative estimate of drug-likeness (QED) is 0.713. The van der Waals surface area contributed by atoms with Crippen LogP contribution in [0.3, 0.4) is 0 Å². The fourth-order valence-corrected chi connectivity index (χ4v) is 2.90. The number of hydrogen-bond acceptors (Lipinski definition) is 2. The molecule has 0 radical (unpaired) electrons. The number of aryl methyl sites for hydroxylation is 1. The fourth-order valence-electron chi connectivity index (χ4n) is 2.90. The third-order valence-electron chi connectivity index (χ3n) is 4.23. The smallest absolute Gasteiger partial charge is 0.322 e. The standard InChI is InChI=1S/C20H18F3N3O/c1-13-18(14(2)26(25-13)12-15-7-4-3-5-8-15)19(27)24-17-10-6-9-16(11-17)20(21,22)23/h3-11H,12H2,1-2H3,(H,24,27). The number of carbonyl (C=O) groups excluding carboxylic acids is 1. The van der Waals surface area contributed by atoms with E-state index < -0.39 is 17.6 Å². The summed E-state index contributed by atoms with van der Waals surface area (Å²) in [6.45, 7) is 3.98. The molecule has 0 atom stereocenters. The van der Waals surface area contributed by atoms with Gasteiger partial charge in [0.2, 0.25) is 0 Å². The Morgan fingerprint density at radius 3 is 2.44 bits per heavy atom.